The highest BCUT2D eigenvalue weighted by atomic mass is 35.5. The summed E-state index contributed by atoms with van der Waals surface area (Å²) in [5, 5.41) is 24.6. The molecule has 2 heterocycles. The van der Waals surface area contributed by atoms with Gasteiger partial charge in [-0.25, -0.2) is 0 Å². The number of hydrogen-bond donors (Lipinski definition) is 3. The number of nitrogens with zero attached hydrogens (tertiary/aromatic N) is 1. The van der Waals surface area contributed by atoms with Gasteiger partial charge in [-0.05, 0) is 71.3 Å². The average molecular weight is 727 g/mol. The third kappa shape index (κ3) is 9.09. The first-order chi connectivity index (χ1) is 25.0. The molecule has 9 nitrogen and oxygen atoms in total. The van der Waals surface area contributed by atoms with Crippen LogP contribution in [0.2, 0.25) is 5.02 Å². The number of benzene rings is 4. The van der Waals surface area contributed by atoms with Crippen molar-refractivity contribution >= 4 is 23.5 Å². The van der Waals surface area contributed by atoms with Crippen LogP contribution >= 0.6 is 11.6 Å². The van der Waals surface area contributed by atoms with E-state index >= 15 is 0 Å². The van der Waals surface area contributed by atoms with Crippen molar-refractivity contribution in [1.29, 1.82) is 0 Å². The standard InChI is InChI=1S/C42H47ClN2O7/c1-27-38(25-45-21-19-42(49,20-22-45)36-15-17-37(43)18-16-36)51-41(52-39(27)33-9-7-30(26-46)8-10-33)34-13-11-32(12-14-34)35-6-4-5-31(23-35)24-44-40(48)28(2)50-29(3)47/h4-18,23,27-28,38-39,41,46,49H,19-22,24-26H2,1-3H3,(H,44,48)/t27-,28+,38+,39+,41+/m1/s1. The van der Waals surface area contributed by atoms with Crippen LogP contribution in [0.5, 0.6) is 0 Å². The minimum absolute atomic E-state index is 0.0216. The molecule has 0 aliphatic carbocycles. The molecule has 274 valence electrons. The Hall–Kier alpha value is -4.09. The van der Waals surface area contributed by atoms with E-state index in [1.807, 2.05) is 97.1 Å². The zero-order valence-corrected chi connectivity index (χ0v) is 30.6. The smallest absolute Gasteiger partial charge is 0.303 e. The normalized spacial score (nSPS) is 22.3. The van der Waals surface area contributed by atoms with E-state index in [2.05, 4.69) is 17.1 Å². The van der Waals surface area contributed by atoms with Crippen LogP contribution in [0.1, 0.15) is 73.8 Å². The number of ether oxygens (including phenoxy) is 3. The fourth-order valence-corrected chi connectivity index (χ4v) is 7.19. The number of nitrogens with one attached hydrogen (secondary N) is 1. The number of piperidine rings is 1. The first-order valence-corrected chi connectivity index (χ1v) is 18.2. The SMILES string of the molecule is CC(=O)O[C@@H](C)C(=O)NCc1cccc(-c2ccc([C@H]3O[C@@H](CN4CCC(O)(c5ccc(Cl)cc5)CC4)[C@@H](C)[C@@H](c4ccc(CO)cc4)O3)cc2)c1. The van der Waals surface area contributed by atoms with Gasteiger partial charge in [-0.1, -0.05) is 97.4 Å². The number of rotatable bonds is 11. The second-order valence-corrected chi connectivity index (χ2v) is 14.4. The molecule has 10 heteroatoms. The lowest BCUT2D eigenvalue weighted by Crippen LogP contribution is -2.49. The molecule has 6 rings (SSSR count). The molecule has 3 N–H and O–H groups in total. The molecule has 0 bridgehead atoms. The monoisotopic (exact) mass is 726 g/mol. The van der Waals surface area contributed by atoms with Crippen LogP contribution in [-0.4, -0.2) is 58.8 Å². The van der Waals surface area contributed by atoms with Gasteiger partial charge in [0.2, 0.25) is 0 Å². The molecule has 2 fully saturated rings. The van der Waals surface area contributed by atoms with Crippen molar-refractivity contribution in [3.63, 3.8) is 0 Å². The summed E-state index contributed by atoms with van der Waals surface area (Å²) in [6.07, 6.45) is -0.608. The van der Waals surface area contributed by atoms with Crippen molar-refractivity contribution in [3.05, 3.63) is 130 Å². The average Bonchev–Trinajstić information content (AvgIpc) is 3.16. The van der Waals surface area contributed by atoms with Crippen LogP contribution in [0.25, 0.3) is 11.1 Å². The van der Waals surface area contributed by atoms with Crippen LogP contribution in [0.15, 0.2) is 97.1 Å². The van der Waals surface area contributed by atoms with E-state index in [4.69, 9.17) is 25.8 Å². The summed E-state index contributed by atoms with van der Waals surface area (Å²) in [5.74, 6) is -0.818. The molecule has 2 aliphatic heterocycles. The zero-order chi connectivity index (χ0) is 36.8. The van der Waals surface area contributed by atoms with Crippen molar-refractivity contribution in [2.24, 2.45) is 5.92 Å². The number of halogens is 1. The lowest BCUT2D eigenvalue weighted by atomic mass is 9.84. The Morgan fingerprint density at radius 2 is 1.60 bits per heavy atom. The number of likely N-dealkylation sites (tertiary alicyclic amines) is 1. The fraction of sp³-hybridized carbons (Fsp3) is 0.381. The maximum Gasteiger partial charge on any atom is 0.303 e. The van der Waals surface area contributed by atoms with E-state index in [1.165, 1.54) is 6.92 Å². The summed E-state index contributed by atoms with van der Waals surface area (Å²) in [6.45, 7) is 7.43. The maximum atomic E-state index is 12.3. The first-order valence-electron chi connectivity index (χ1n) is 17.9. The summed E-state index contributed by atoms with van der Waals surface area (Å²) >= 11 is 6.10. The van der Waals surface area contributed by atoms with Gasteiger partial charge < -0.3 is 34.6 Å². The van der Waals surface area contributed by atoms with Crippen molar-refractivity contribution in [2.45, 2.75) is 77.0 Å². The van der Waals surface area contributed by atoms with Crippen LogP contribution in [-0.2, 0) is 42.6 Å². The summed E-state index contributed by atoms with van der Waals surface area (Å²) < 4.78 is 18.4. The van der Waals surface area contributed by atoms with E-state index < -0.39 is 24.0 Å². The van der Waals surface area contributed by atoms with E-state index in [9.17, 15) is 19.8 Å². The highest BCUT2D eigenvalue weighted by molar-refractivity contribution is 6.30. The largest absolute Gasteiger partial charge is 0.453 e. The maximum absolute atomic E-state index is 12.3. The molecule has 4 aromatic rings. The molecular formula is C42H47ClN2O7. The number of hydrogen-bond acceptors (Lipinski definition) is 8. The van der Waals surface area contributed by atoms with Crippen LogP contribution in [0, 0.1) is 5.92 Å². The predicted molar refractivity (Wildman–Crippen MR) is 199 cm³/mol. The van der Waals surface area contributed by atoms with Crippen molar-refractivity contribution < 1.29 is 34.0 Å². The van der Waals surface area contributed by atoms with E-state index in [1.54, 1.807) is 6.92 Å². The van der Waals surface area contributed by atoms with Gasteiger partial charge in [-0.2, -0.15) is 0 Å². The molecule has 2 saturated heterocycles. The summed E-state index contributed by atoms with van der Waals surface area (Å²) in [4.78, 5) is 25.9. The van der Waals surface area contributed by atoms with Crippen molar-refractivity contribution in [3.8, 4) is 11.1 Å². The topological polar surface area (TPSA) is 118 Å². The molecule has 1 amide bonds. The van der Waals surface area contributed by atoms with Gasteiger partial charge in [0.25, 0.3) is 5.91 Å². The predicted octanol–water partition coefficient (Wildman–Crippen LogP) is 6.84. The summed E-state index contributed by atoms with van der Waals surface area (Å²) in [5.41, 5.74) is 5.69. The summed E-state index contributed by atoms with van der Waals surface area (Å²) in [6, 6.07) is 31.5. The van der Waals surface area contributed by atoms with Gasteiger partial charge in [0.1, 0.15) is 0 Å². The third-order valence-corrected chi connectivity index (χ3v) is 10.5. The molecular weight excluding hydrogens is 680 g/mol. The highest BCUT2D eigenvalue weighted by Gasteiger charge is 2.41. The Balaban J connectivity index is 1.16. The number of carbonyl (C=O) groups is 2. The molecule has 4 aromatic carbocycles. The highest BCUT2D eigenvalue weighted by Crippen LogP contribution is 2.43. The minimum atomic E-state index is -0.887. The molecule has 0 radical (unpaired) electrons. The molecule has 5 atom stereocenters. The van der Waals surface area contributed by atoms with Gasteiger partial charge in [0, 0.05) is 49.6 Å². The minimum Gasteiger partial charge on any atom is -0.453 e. The van der Waals surface area contributed by atoms with E-state index in [0.717, 1.165) is 52.0 Å². The Morgan fingerprint density at radius 1 is 0.923 bits per heavy atom. The van der Waals surface area contributed by atoms with Gasteiger partial charge in [0.05, 0.1) is 24.4 Å². The molecule has 0 spiro atoms. The van der Waals surface area contributed by atoms with E-state index in [-0.39, 0.29) is 30.6 Å². The second kappa shape index (κ2) is 16.7. The fourth-order valence-electron chi connectivity index (χ4n) is 7.07. The number of aliphatic hydroxyl groups is 2. The molecule has 0 aromatic heterocycles. The molecule has 52 heavy (non-hydrogen) atoms. The van der Waals surface area contributed by atoms with Crippen molar-refractivity contribution in [2.75, 3.05) is 19.6 Å². The van der Waals surface area contributed by atoms with Gasteiger partial charge in [-0.15, -0.1) is 0 Å². The Bertz CT molecular complexity index is 1810. The number of carbonyl (C=O) groups excluding carboxylic acids is 2. The molecule has 0 saturated carbocycles. The molecule has 2 aliphatic rings. The van der Waals surface area contributed by atoms with E-state index in [0.29, 0.717) is 31.0 Å². The van der Waals surface area contributed by atoms with Crippen molar-refractivity contribution in [1.82, 2.24) is 10.2 Å². The number of aliphatic hydroxyl groups excluding tert-OH is 1. The third-order valence-electron chi connectivity index (χ3n) is 10.2. The van der Waals surface area contributed by atoms with Crippen LogP contribution < -0.4 is 5.32 Å². The van der Waals surface area contributed by atoms with Gasteiger partial charge in [-0.3, -0.25) is 9.59 Å². The number of amides is 1. The molecule has 0 unspecified atom stereocenters. The van der Waals surface area contributed by atoms with Gasteiger partial charge in [0.15, 0.2) is 12.4 Å². The zero-order valence-electron chi connectivity index (χ0n) is 29.8. The summed E-state index contributed by atoms with van der Waals surface area (Å²) in [7, 11) is 0. The second-order valence-electron chi connectivity index (χ2n) is 14.0. The first kappa shape index (κ1) is 37.7. The lowest BCUT2D eigenvalue weighted by molar-refractivity contribution is -0.277. The van der Waals surface area contributed by atoms with Crippen LogP contribution in [0.3, 0.4) is 0 Å². The van der Waals surface area contributed by atoms with Crippen LogP contribution in [0.4, 0.5) is 0 Å². The quantitative estimate of drug-likeness (QED) is 0.144. The Kier molecular flexibility index (Phi) is 12.1. The Labute approximate surface area is 310 Å². The number of esters is 1. The van der Waals surface area contributed by atoms with Gasteiger partial charge >= 0.3 is 5.97 Å². The Morgan fingerprint density at radius 3 is 2.25 bits per heavy atom. The lowest BCUT2D eigenvalue weighted by Gasteiger charge is -2.45.